The molecule has 1 saturated heterocycles. The Morgan fingerprint density at radius 1 is 1.33 bits per heavy atom. The molecule has 1 aromatic rings. The maximum atomic E-state index is 5.52. The molecule has 1 aliphatic heterocycles. The van der Waals surface area contributed by atoms with E-state index in [4.69, 9.17) is 4.74 Å². The molecule has 2 nitrogen and oxygen atoms in total. The zero-order valence-electron chi connectivity index (χ0n) is 9.49. The fourth-order valence-electron chi connectivity index (χ4n) is 1.97. The lowest BCUT2D eigenvalue weighted by molar-refractivity contribution is 0.121. The quantitative estimate of drug-likeness (QED) is 0.819. The smallest absolute Gasteiger partial charge is 0.0748 e. The molecule has 0 spiro atoms. The second-order valence-electron chi connectivity index (χ2n) is 4.17. The van der Waals surface area contributed by atoms with Crippen LogP contribution in [0.1, 0.15) is 25.8 Å². The fraction of sp³-hybridized carbons (Fsp3) is 0.538. The molecular formula is C13H19NO. The van der Waals surface area contributed by atoms with Crippen molar-refractivity contribution in [2.75, 3.05) is 11.9 Å². The highest BCUT2D eigenvalue weighted by Gasteiger charge is 2.23. The molecule has 1 aliphatic rings. The summed E-state index contributed by atoms with van der Waals surface area (Å²) in [7, 11) is 0. The molecule has 1 aromatic carbocycles. The van der Waals surface area contributed by atoms with Gasteiger partial charge >= 0.3 is 0 Å². The molecule has 0 saturated carbocycles. The van der Waals surface area contributed by atoms with Crippen molar-refractivity contribution in [3.63, 3.8) is 0 Å². The van der Waals surface area contributed by atoms with Gasteiger partial charge in [0.1, 0.15) is 0 Å². The normalized spacial score (nSPS) is 25.5. The van der Waals surface area contributed by atoms with Gasteiger partial charge in [-0.3, -0.25) is 0 Å². The van der Waals surface area contributed by atoms with Gasteiger partial charge in [0.2, 0.25) is 0 Å². The fourth-order valence-corrected chi connectivity index (χ4v) is 1.97. The monoisotopic (exact) mass is 205 g/mol. The molecule has 15 heavy (non-hydrogen) atoms. The van der Waals surface area contributed by atoms with Gasteiger partial charge in [-0.05, 0) is 37.5 Å². The zero-order chi connectivity index (χ0) is 10.7. The Morgan fingerprint density at radius 2 is 2.07 bits per heavy atom. The Labute approximate surface area is 91.6 Å². The minimum atomic E-state index is 0.329. The molecular weight excluding hydrogens is 186 g/mol. The summed E-state index contributed by atoms with van der Waals surface area (Å²) in [5, 5.41) is 3.52. The molecule has 1 fully saturated rings. The minimum absolute atomic E-state index is 0.329. The third-order valence-electron chi connectivity index (χ3n) is 3.09. The number of benzene rings is 1. The first-order valence-electron chi connectivity index (χ1n) is 5.76. The Kier molecular flexibility index (Phi) is 3.27. The van der Waals surface area contributed by atoms with Crippen LogP contribution in [-0.2, 0) is 11.2 Å². The van der Waals surface area contributed by atoms with Crippen molar-refractivity contribution in [1.29, 1.82) is 0 Å². The number of aryl methyl sites for hydroxylation is 1. The molecule has 2 heteroatoms. The first-order chi connectivity index (χ1) is 7.29. The molecule has 0 aromatic heterocycles. The van der Waals surface area contributed by atoms with Gasteiger partial charge in [-0.1, -0.05) is 19.1 Å². The first kappa shape index (κ1) is 10.5. The Balaban J connectivity index is 1.98. The molecule has 0 aliphatic carbocycles. The summed E-state index contributed by atoms with van der Waals surface area (Å²) in [6.07, 6.45) is 2.54. The number of ether oxygens (including phenoxy) is 1. The van der Waals surface area contributed by atoms with Crippen LogP contribution in [0.5, 0.6) is 0 Å². The Morgan fingerprint density at radius 3 is 2.60 bits per heavy atom. The standard InChI is InChI=1S/C13H19NO/c1-3-11-4-6-12(7-5-11)14-13-8-9-15-10(13)2/h4-7,10,13-14H,3,8-9H2,1-2H3/t10-,13-/m1/s1. The molecule has 2 rings (SSSR count). The topological polar surface area (TPSA) is 21.3 Å². The predicted molar refractivity (Wildman–Crippen MR) is 63.3 cm³/mol. The van der Waals surface area contributed by atoms with E-state index in [9.17, 15) is 0 Å². The minimum Gasteiger partial charge on any atom is -0.380 e. The summed E-state index contributed by atoms with van der Waals surface area (Å²) in [5.41, 5.74) is 2.59. The molecule has 0 amide bonds. The number of nitrogens with one attached hydrogen (secondary N) is 1. The van der Waals surface area contributed by atoms with Gasteiger partial charge in [0.15, 0.2) is 0 Å². The van der Waals surface area contributed by atoms with Crippen LogP contribution < -0.4 is 5.32 Å². The zero-order valence-corrected chi connectivity index (χ0v) is 9.49. The molecule has 1 heterocycles. The van der Waals surface area contributed by atoms with Crippen LogP contribution in [0.4, 0.5) is 5.69 Å². The van der Waals surface area contributed by atoms with Crippen molar-refractivity contribution in [1.82, 2.24) is 0 Å². The maximum Gasteiger partial charge on any atom is 0.0748 e. The largest absolute Gasteiger partial charge is 0.380 e. The van der Waals surface area contributed by atoms with Gasteiger partial charge in [0.05, 0.1) is 12.1 Å². The average molecular weight is 205 g/mol. The van der Waals surface area contributed by atoms with Crippen LogP contribution in [0.15, 0.2) is 24.3 Å². The number of anilines is 1. The highest BCUT2D eigenvalue weighted by molar-refractivity contribution is 5.45. The van der Waals surface area contributed by atoms with Crippen molar-refractivity contribution >= 4 is 5.69 Å². The van der Waals surface area contributed by atoms with E-state index in [2.05, 4.69) is 43.4 Å². The Hall–Kier alpha value is -1.02. The van der Waals surface area contributed by atoms with Gasteiger partial charge < -0.3 is 10.1 Å². The van der Waals surface area contributed by atoms with E-state index in [0.717, 1.165) is 19.4 Å². The van der Waals surface area contributed by atoms with Gasteiger partial charge in [0.25, 0.3) is 0 Å². The van der Waals surface area contributed by atoms with Gasteiger partial charge in [-0.15, -0.1) is 0 Å². The molecule has 1 N–H and O–H groups in total. The average Bonchev–Trinajstić information content (AvgIpc) is 2.66. The summed E-state index contributed by atoms with van der Waals surface area (Å²) in [6.45, 7) is 5.19. The lowest BCUT2D eigenvalue weighted by Crippen LogP contribution is -2.26. The van der Waals surface area contributed by atoms with Crippen molar-refractivity contribution in [3.05, 3.63) is 29.8 Å². The number of hydrogen-bond acceptors (Lipinski definition) is 2. The van der Waals surface area contributed by atoms with Crippen LogP contribution in [0.25, 0.3) is 0 Å². The highest BCUT2D eigenvalue weighted by Crippen LogP contribution is 2.19. The highest BCUT2D eigenvalue weighted by atomic mass is 16.5. The summed E-state index contributed by atoms with van der Waals surface area (Å²) < 4.78 is 5.52. The van der Waals surface area contributed by atoms with E-state index in [-0.39, 0.29) is 0 Å². The predicted octanol–water partition coefficient (Wildman–Crippen LogP) is 2.84. The third kappa shape index (κ3) is 2.51. The third-order valence-corrected chi connectivity index (χ3v) is 3.09. The lowest BCUT2D eigenvalue weighted by Gasteiger charge is -2.17. The summed E-state index contributed by atoms with van der Waals surface area (Å²) in [4.78, 5) is 0. The van der Waals surface area contributed by atoms with Crippen LogP contribution in [-0.4, -0.2) is 18.8 Å². The van der Waals surface area contributed by atoms with E-state index in [1.165, 1.54) is 11.3 Å². The summed E-state index contributed by atoms with van der Waals surface area (Å²) in [5.74, 6) is 0. The SMILES string of the molecule is CCc1ccc(N[C@@H]2CCO[C@@H]2C)cc1. The lowest BCUT2D eigenvalue weighted by atomic mass is 10.1. The van der Waals surface area contributed by atoms with Crippen LogP contribution in [0, 0.1) is 0 Å². The van der Waals surface area contributed by atoms with Crippen molar-refractivity contribution in [3.8, 4) is 0 Å². The van der Waals surface area contributed by atoms with E-state index in [1.54, 1.807) is 0 Å². The second-order valence-corrected chi connectivity index (χ2v) is 4.17. The van der Waals surface area contributed by atoms with E-state index in [1.807, 2.05) is 0 Å². The van der Waals surface area contributed by atoms with Crippen LogP contribution >= 0.6 is 0 Å². The van der Waals surface area contributed by atoms with E-state index in [0.29, 0.717) is 12.1 Å². The van der Waals surface area contributed by atoms with E-state index >= 15 is 0 Å². The van der Waals surface area contributed by atoms with Crippen LogP contribution in [0.2, 0.25) is 0 Å². The summed E-state index contributed by atoms with van der Waals surface area (Å²) >= 11 is 0. The maximum absolute atomic E-state index is 5.52. The molecule has 0 unspecified atom stereocenters. The van der Waals surface area contributed by atoms with Gasteiger partial charge in [-0.25, -0.2) is 0 Å². The molecule has 0 radical (unpaired) electrons. The van der Waals surface area contributed by atoms with Crippen molar-refractivity contribution in [2.45, 2.75) is 38.8 Å². The summed E-state index contributed by atoms with van der Waals surface area (Å²) in [6, 6.07) is 9.15. The van der Waals surface area contributed by atoms with E-state index < -0.39 is 0 Å². The molecule has 2 atom stereocenters. The van der Waals surface area contributed by atoms with Gasteiger partial charge in [-0.2, -0.15) is 0 Å². The molecule has 0 bridgehead atoms. The first-order valence-corrected chi connectivity index (χ1v) is 5.76. The second kappa shape index (κ2) is 4.67. The Bertz CT molecular complexity index is 307. The number of hydrogen-bond donors (Lipinski definition) is 1. The number of rotatable bonds is 3. The van der Waals surface area contributed by atoms with Crippen molar-refractivity contribution < 1.29 is 4.74 Å². The van der Waals surface area contributed by atoms with Gasteiger partial charge in [0, 0.05) is 12.3 Å². The van der Waals surface area contributed by atoms with Crippen molar-refractivity contribution in [2.24, 2.45) is 0 Å². The molecule has 82 valence electrons. The van der Waals surface area contributed by atoms with Crippen LogP contribution in [0.3, 0.4) is 0 Å².